The number of aromatic amines is 1. The van der Waals surface area contributed by atoms with Gasteiger partial charge in [-0.2, -0.15) is 0 Å². The van der Waals surface area contributed by atoms with E-state index in [0.29, 0.717) is 0 Å². The molecule has 3 heterocycles. The van der Waals surface area contributed by atoms with Gasteiger partial charge in [0.05, 0.1) is 5.39 Å². The van der Waals surface area contributed by atoms with E-state index in [2.05, 4.69) is 61.1 Å². The maximum atomic E-state index is 4.42. The quantitative estimate of drug-likeness (QED) is 0.392. The van der Waals surface area contributed by atoms with Gasteiger partial charge in [-0.15, -0.1) is 11.8 Å². The van der Waals surface area contributed by atoms with Gasteiger partial charge >= 0.3 is 0 Å². The molecule has 1 aromatic carbocycles. The topological polar surface area (TPSA) is 48.1 Å². The third kappa shape index (κ3) is 4.19. The average molecular weight is 368 g/mol. The number of benzene rings is 1. The molecule has 1 saturated heterocycles. The highest BCUT2D eigenvalue weighted by molar-refractivity contribution is 7.99. The van der Waals surface area contributed by atoms with Crippen LogP contribution in [0.5, 0.6) is 0 Å². The summed E-state index contributed by atoms with van der Waals surface area (Å²) in [7, 11) is 0. The van der Waals surface area contributed by atoms with Crippen molar-refractivity contribution in [3.05, 3.63) is 48.9 Å². The number of hydrogen-bond acceptors (Lipinski definition) is 5. The summed E-state index contributed by atoms with van der Waals surface area (Å²) < 4.78 is 0. The lowest BCUT2D eigenvalue weighted by Gasteiger charge is -2.36. The fraction of sp³-hybridized carbons (Fsp3) is 0.400. The number of piperazine rings is 1. The standard InChI is InChI=1S/C20H25N5S/c1-2-6-17(7-3-1)25-13-11-24(12-14-25)10-4-5-15-26-20-18-8-9-21-19(18)22-16-23-20/h1-3,6-9,16H,4-5,10-15H2,(H,21,22,23). The van der Waals surface area contributed by atoms with Gasteiger partial charge in [-0.25, -0.2) is 9.97 Å². The van der Waals surface area contributed by atoms with Gasteiger partial charge in [0.1, 0.15) is 17.0 Å². The van der Waals surface area contributed by atoms with Crippen LogP contribution in [0.4, 0.5) is 5.69 Å². The maximum Gasteiger partial charge on any atom is 0.141 e. The molecule has 136 valence electrons. The SMILES string of the molecule is c1ccc(N2CCN(CCCCSc3ncnc4[nH]ccc34)CC2)cc1. The van der Waals surface area contributed by atoms with Crippen molar-refractivity contribution < 1.29 is 0 Å². The lowest BCUT2D eigenvalue weighted by molar-refractivity contribution is 0.254. The van der Waals surface area contributed by atoms with Crippen LogP contribution < -0.4 is 4.90 Å². The minimum atomic E-state index is 0.929. The number of anilines is 1. The molecule has 1 fully saturated rings. The normalized spacial score (nSPS) is 15.6. The number of hydrogen-bond donors (Lipinski definition) is 1. The van der Waals surface area contributed by atoms with Gasteiger partial charge in [0.15, 0.2) is 0 Å². The Morgan fingerprint density at radius 3 is 2.65 bits per heavy atom. The lowest BCUT2D eigenvalue weighted by Crippen LogP contribution is -2.46. The molecular formula is C20H25N5S. The number of nitrogens with one attached hydrogen (secondary N) is 1. The highest BCUT2D eigenvalue weighted by Crippen LogP contribution is 2.24. The number of nitrogens with zero attached hydrogens (tertiary/aromatic N) is 4. The van der Waals surface area contributed by atoms with Crippen LogP contribution in [0.1, 0.15) is 12.8 Å². The van der Waals surface area contributed by atoms with Crippen LogP contribution in [0.15, 0.2) is 53.9 Å². The second kappa shape index (κ2) is 8.56. The van der Waals surface area contributed by atoms with E-state index in [-0.39, 0.29) is 0 Å². The first-order chi connectivity index (χ1) is 12.9. The van der Waals surface area contributed by atoms with Crippen LogP contribution in [0.3, 0.4) is 0 Å². The van der Waals surface area contributed by atoms with Crippen molar-refractivity contribution in [3.8, 4) is 0 Å². The van der Waals surface area contributed by atoms with Crippen molar-refractivity contribution in [2.75, 3.05) is 43.4 Å². The first-order valence-electron chi connectivity index (χ1n) is 9.33. The van der Waals surface area contributed by atoms with Gasteiger partial charge < -0.3 is 9.88 Å². The molecule has 0 saturated carbocycles. The monoisotopic (exact) mass is 367 g/mol. The minimum Gasteiger partial charge on any atom is -0.369 e. The van der Waals surface area contributed by atoms with E-state index in [1.807, 2.05) is 18.0 Å². The van der Waals surface area contributed by atoms with E-state index in [1.54, 1.807) is 6.33 Å². The van der Waals surface area contributed by atoms with Crippen LogP contribution in [0.25, 0.3) is 11.0 Å². The number of aromatic nitrogens is 3. The van der Waals surface area contributed by atoms with Crippen molar-refractivity contribution in [2.45, 2.75) is 17.9 Å². The molecule has 0 unspecified atom stereocenters. The fourth-order valence-corrected chi connectivity index (χ4v) is 4.42. The Morgan fingerprint density at radius 2 is 1.81 bits per heavy atom. The van der Waals surface area contributed by atoms with Gasteiger partial charge in [0, 0.05) is 38.1 Å². The zero-order valence-electron chi connectivity index (χ0n) is 15.0. The highest BCUT2D eigenvalue weighted by atomic mass is 32.2. The van der Waals surface area contributed by atoms with Crippen LogP contribution in [-0.2, 0) is 0 Å². The third-order valence-electron chi connectivity index (χ3n) is 4.92. The first-order valence-corrected chi connectivity index (χ1v) is 10.3. The summed E-state index contributed by atoms with van der Waals surface area (Å²) in [5, 5.41) is 2.22. The minimum absolute atomic E-state index is 0.929. The van der Waals surface area contributed by atoms with Crippen molar-refractivity contribution in [3.63, 3.8) is 0 Å². The summed E-state index contributed by atoms with van der Waals surface area (Å²) in [6.07, 6.45) is 6.05. The van der Waals surface area contributed by atoms with E-state index in [0.717, 1.165) is 48.0 Å². The summed E-state index contributed by atoms with van der Waals surface area (Å²) in [6, 6.07) is 12.8. The molecule has 3 aromatic rings. The Bertz CT molecular complexity index is 811. The predicted octanol–water partition coefficient (Wildman–Crippen LogP) is 3.65. The Balaban J connectivity index is 1.15. The van der Waals surface area contributed by atoms with Crippen LogP contribution in [0.2, 0.25) is 0 Å². The van der Waals surface area contributed by atoms with Gasteiger partial charge in [-0.1, -0.05) is 18.2 Å². The lowest BCUT2D eigenvalue weighted by atomic mass is 10.2. The zero-order chi connectivity index (χ0) is 17.6. The molecule has 0 amide bonds. The molecule has 1 N–H and O–H groups in total. The number of fused-ring (bicyclic) bond motifs is 1. The Morgan fingerprint density at radius 1 is 0.962 bits per heavy atom. The van der Waals surface area contributed by atoms with Crippen molar-refractivity contribution in [1.29, 1.82) is 0 Å². The number of H-pyrrole nitrogens is 1. The van der Waals surface area contributed by atoms with Crippen molar-refractivity contribution in [2.24, 2.45) is 0 Å². The van der Waals surface area contributed by atoms with Crippen LogP contribution in [-0.4, -0.2) is 58.3 Å². The average Bonchev–Trinajstić information content (AvgIpc) is 3.19. The second-order valence-corrected chi connectivity index (χ2v) is 7.72. The smallest absolute Gasteiger partial charge is 0.141 e. The van der Waals surface area contributed by atoms with Gasteiger partial charge in [-0.05, 0) is 43.3 Å². The van der Waals surface area contributed by atoms with E-state index < -0.39 is 0 Å². The summed E-state index contributed by atoms with van der Waals surface area (Å²) in [6.45, 7) is 5.79. The largest absolute Gasteiger partial charge is 0.369 e. The van der Waals surface area contributed by atoms with Crippen molar-refractivity contribution in [1.82, 2.24) is 19.9 Å². The Labute approximate surface area is 158 Å². The van der Waals surface area contributed by atoms with Gasteiger partial charge in [0.2, 0.25) is 0 Å². The molecule has 6 heteroatoms. The van der Waals surface area contributed by atoms with E-state index in [4.69, 9.17) is 0 Å². The van der Waals surface area contributed by atoms with Crippen LogP contribution >= 0.6 is 11.8 Å². The number of unbranched alkanes of at least 4 members (excludes halogenated alkanes) is 1. The van der Waals surface area contributed by atoms with E-state index in [9.17, 15) is 0 Å². The summed E-state index contributed by atoms with van der Waals surface area (Å²) >= 11 is 1.84. The Kier molecular flexibility index (Phi) is 5.72. The molecule has 1 aliphatic rings. The third-order valence-corrected chi connectivity index (χ3v) is 6.01. The molecule has 0 radical (unpaired) electrons. The molecule has 2 aromatic heterocycles. The van der Waals surface area contributed by atoms with E-state index in [1.165, 1.54) is 25.1 Å². The van der Waals surface area contributed by atoms with E-state index >= 15 is 0 Å². The summed E-state index contributed by atoms with van der Waals surface area (Å²) in [4.78, 5) is 16.9. The number of rotatable bonds is 7. The van der Waals surface area contributed by atoms with Gasteiger partial charge in [-0.3, -0.25) is 4.90 Å². The van der Waals surface area contributed by atoms with Crippen molar-refractivity contribution >= 4 is 28.5 Å². The zero-order valence-corrected chi connectivity index (χ0v) is 15.8. The highest BCUT2D eigenvalue weighted by Gasteiger charge is 2.16. The molecular weight excluding hydrogens is 342 g/mol. The molecule has 0 spiro atoms. The molecule has 1 aliphatic heterocycles. The summed E-state index contributed by atoms with van der Waals surface area (Å²) in [5.41, 5.74) is 2.28. The predicted molar refractivity (Wildman–Crippen MR) is 109 cm³/mol. The molecule has 26 heavy (non-hydrogen) atoms. The molecule has 0 aliphatic carbocycles. The number of thioether (sulfide) groups is 1. The van der Waals surface area contributed by atoms with Gasteiger partial charge in [0.25, 0.3) is 0 Å². The second-order valence-electron chi connectivity index (χ2n) is 6.64. The summed E-state index contributed by atoms with van der Waals surface area (Å²) in [5.74, 6) is 1.11. The first kappa shape index (κ1) is 17.4. The molecule has 4 rings (SSSR count). The molecule has 0 atom stereocenters. The fourth-order valence-electron chi connectivity index (χ4n) is 3.44. The maximum absolute atomic E-state index is 4.42. The Hall–Kier alpha value is -2.05. The van der Waals surface area contributed by atoms with Crippen LogP contribution in [0, 0.1) is 0 Å². The molecule has 0 bridgehead atoms. The molecule has 5 nitrogen and oxygen atoms in total. The number of para-hydroxylation sites is 1.